The van der Waals surface area contributed by atoms with E-state index in [1.165, 1.54) is 0 Å². The van der Waals surface area contributed by atoms with Gasteiger partial charge >= 0.3 is 0 Å². The Labute approximate surface area is 103 Å². The van der Waals surface area contributed by atoms with Crippen molar-refractivity contribution in [2.45, 2.75) is 32.4 Å². The zero-order chi connectivity index (χ0) is 12.4. The van der Waals surface area contributed by atoms with Gasteiger partial charge in [0, 0.05) is 26.7 Å². The summed E-state index contributed by atoms with van der Waals surface area (Å²) in [7, 11) is 4.06. The molecule has 1 aromatic heterocycles. The summed E-state index contributed by atoms with van der Waals surface area (Å²) in [6, 6.07) is 0. The zero-order valence-corrected chi connectivity index (χ0v) is 10.9. The molecule has 0 radical (unpaired) electrons. The summed E-state index contributed by atoms with van der Waals surface area (Å²) in [5.74, 6) is 0.847. The maximum atomic E-state index is 6.07. The number of ether oxygens (including phenoxy) is 1. The smallest absolute Gasteiger partial charge is 0.216 e. The van der Waals surface area contributed by atoms with Crippen LogP contribution >= 0.6 is 0 Å². The predicted molar refractivity (Wildman–Crippen MR) is 67.0 cm³/mol. The second-order valence-corrected chi connectivity index (χ2v) is 4.82. The molecule has 1 fully saturated rings. The van der Waals surface area contributed by atoms with Gasteiger partial charge in [-0.05, 0) is 26.8 Å². The van der Waals surface area contributed by atoms with Crippen molar-refractivity contribution in [1.29, 1.82) is 0 Å². The van der Waals surface area contributed by atoms with Crippen molar-refractivity contribution >= 4 is 0 Å². The van der Waals surface area contributed by atoms with Gasteiger partial charge in [-0.1, -0.05) is 0 Å². The van der Waals surface area contributed by atoms with Crippen molar-refractivity contribution in [3.63, 3.8) is 0 Å². The molecule has 1 aromatic rings. The Hall–Kier alpha value is -1.07. The van der Waals surface area contributed by atoms with Gasteiger partial charge in [0.1, 0.15) is 6.10 Å². The fraction of sp³-hybridized carbons (Fsp3) is 0.750. The van der Waals surface area contributed by atoms with Crippen LogP contribution in [-0.2, 0) is 13.6 Å². The van der Waals surface area contributed by atoms with Crippen LogP contribution in [0.3, 0.4) is 0 Å². The van der Waals surface area contributed by atoms with Crippen LogP contribution in [-0.4, -0.2) is 40.9 Å². The van der Waals surface area contributed by atoms with E-state index in [0.29, 0.717) is 12.6 Å². The summed E-state index contributed by atoms with van der Waals surface area (Å²) in [5, 5.41) is 4.36. The molecule has 0 amide bonds. The lowest BCUT2D eigenvalue weighted by Gasteiger charge is -2.29. The van der Waals surface area contributed by atoms with Gasteiger partial charge in [-0.15, -0.1) is 0 Å². The molecule has 0 spiro atoms. The van der Waals surface area contributed by atoms with Crippen LogP contribution in [0, 0.1) is 6.92 Å². The number of piperidine rings is 1. The first-order valence-corrected chi connectivity index (χ1v) is 6.19. The van der Waals surface area contributed by atoms with E-state index >= 15 is 0 Å². The summed E-state index contributed by atoms with van der Waals surface area (Å²) >= 11 is 0. The van der Waals surface area contributed by atoms with Crippen molar-refractivity contribution in [2.24, 2.45) is 12.8 Å². The lowest BCUT2D eigenvalue weighted by Crippen LogP contribution is -2.36. The SMILES string of the molecule is Cc1nn(C)c(OC2CCN(C)CC2)c1CN. The largest absolute Gasteiger partial charge is 0.474 e. The monoisotopic (exact) mass is 238 g/mol. The molecule has 5 nitrogen and oxygen atoms in total. The number of hydrogen-bond acceptors (Lipinski definition) is 4. The van der Waals surface area contributed by atoms with E-state index in [4.69, 9.17) is 10.5 Å². The van der Waals surface area contributed by atoms with E-state index in [0.717, 1.165) is 43.1 Å². The van der Waals surface area contributed by atoms with Crippen molar-refractivity contribution in [2.75, 3.05) is 20.1 Å². The molecule has 0 aliphatic carbocycles. The average molecular weight is 238 g/mol. The second kappa shape index (κ2) is 5.06. The third kappa shape index (κ3) is 2.61. The number of nitrogens with two attached hydrogens (primary N) is 1. The molecule has 0 saturated carbocycles. The van der Waals surface area contributed by atoms with Gasteiger partial charge in [-0.3, -0.25) is 0 Å². The maximum Gasteiger partial charge on any atom is 0.216 e. The third-order valence-electron chi connectivity index (χ3n) is 3.44. The van der Waals surface area contributed by atoms with Crippen molar-refractivity contribution < 1.29 is 4.74 Å². The highest BCUT2D eigenvalue weighted by atomic mass is 16.5. The number of nitrogens with zero attached hydrogens (tertiary/aromatic N) is 3. The lowest BCUT2D eigenvalue weighted by molar-refractivity contribution is 0.105. The van der Waals surface area contributed by atoms with Crippen LogP contribution in [0.2, 0.25) is 0 Å². The highest BCUT2D eigenvalue weighted by Gasteiger charge is 2.21. The Morgan fingerprint density at radius 2 is 2.00 bits per heavy atom. The highest BCUT2D eigenvalue weighted by Crippen LogP contribution is 2.24. The van der Waals surface area contributed by atoms with Crippen LogP contribution in [0.15, 0.2) is 0 Å². The van der Waals surface area contributed by atoms with Gasteiger partial charge in [0.05, 0.1) is 11.3 Å². The quantitative estimate of drug-likeness (QED) is 0.840. The van der Waals surface area contributed by atoms with E-state index in [2.05, 4.69) is 17.0 Å². The van der Waals surface area contributed by atoms with E-state index in [9.17, 15) is 0 Å². The molecule has 1 aliphatic rings. The van der Waals surface area contributed by atoms with Crippen LogP contribution in [0.25, 0.3) is 0 Å². The van der Waals surface area contributed by atoms with Crippen LogP contribution in [0.1, 0.15) is 24.1 Å². The maximum absolute atomic E-state index is 6.07. The molecule has 5 heteroatoms. The summed E-state index contributed by atoms with van der Waals surface area (Å²) in [4.78, 5) is 2.33. The minimum Gasteiger partial charge on any atom is -0.474 e. The predicted octanol–water partition coefficient (Wildman–Crippen LogP) is 0.660. The Bertz CT molecular complexity index is 380. The Balaban J connectivity index is 2.08. The molecular formula is C12H22N4O. The van der Waals surface area contributed by atoms with Crippen molar-refractivity contribution in [1.82, 2.24) is 14.7 Å². The van der Waals surface area contributed by atoms with Crippen LogP contribution in [0.4, 0.5) is 0 Å². The number of aryl methyl sites for hydroxylation is 2. The molecule has 2 rings (SSSR count). The first-order valence-electron chi connectivity index (χ1n) is 6.19. The molecule has 1 saturated heterocycles. The van der Waals surface area contributed by atoms with Gasteiger partial charge < -0.3 is 15.4 Å². The summed E-state index contributed by atoms with van der Waals surface area (Å²) < 4.78 is 7.87. The molecule has 0 atom stereocenters. The number of likely N-dealkylation sites (tertiary alicyclic amines) is 1. The Morgan fingerprint density at radius 1 is 1.35 bits per heavy atom. The number of hydrogen-bond donors (Lipinski definition) is 1. The highest BCUT2D eigenvalue weighted by molar-refractivity contribution is 5.30. The van der Waals surface area contributed by atoms with E-state index < -0.39 is 0 Å². The van der Waals surface area contributed by atoms with Gasteiger partial charge in [0.2, 0.25) is 5.88 Å². The van der Waals surface area contributed by atoms with Crippen LogP contribution in [0.5, 0.6) is 5.88 Å². The first kappa shape index (κ1) is 12.4. The summed E-state index contributed by atoms with van der Waals surface area (Å²) in [6.45, 7) is 4.66. The molecule has 17 heavy (non-hydrogen) atoms. The minimum atomic E-state index is 0.297. The third-order valence-corrected chi connectivity index (χ3v) is 3.44. The van der Waals surface area contributed by atoms with Crippen LogP contribution < -0.4 is 10.5 Å². The lowest BCUT2D eigenvalue weighted by atomic mass is 10.1. The molecule has 0 bridgehead atoms. The molecule has 2 N–H and O–H groups in total. The fourth-order valence-electron chi connectivity index (χ4n) is 2.32. The normalized spacial score (nSPS) is 18.6. The van der Waals surface area contributed by atoms with E-state index in [-0.39, 0.29) is 0 Å². The molecular weight excluding hydrogens is 216 g/mol. The molecule has 0 aromatic carbocycles. The first-order chi connectivity index (χ1) is 8.11. The number of aromatic nitrogens is 2. The Kier molecular flexibility index (Phi) is 3.69. The fourth-order valence-corrected chi connectivity index (χ4v) is 2.32. The molecule has 2 heterocycles. The molecule has 96 valence electrons. The summed E-state index contributed by atoms with van der Waals surface area (Å²) in [6.07, 6.45) is 2.45. The van der Waals surface area contributed by atoms with Gasteiger partial charge in [0.15, 0.2) is 0 Å². The standard InChI is InChI=1S/C12H22N4O/c1-9-11(8-13)12(16(3)14-9)17-10-4-6-15(2)7-5-10/h10H,4-8,13H2,1-3H3. The van der Waals surface area contributed by atoms with Crippen molar-refractivity contribution in [3.05, 3.63) is 11.3 Å². The second-order valence-electron chi connectivity index (χ2n) is 4.82. The minimum absolute atomic E-state index is 0.297. The average Bonchev–Trinajstić information content (AvgIpc) is 2.57. The number of rotatable bonds is 3. The molecule has 1 aliphatic heterocycles. The van der Waals surface area contributed by atoms with Gasteiger partial charge in [0.25, 0.3) is 0 Å². The van der Waals surface area contributed by atoms with Gasteiger partial charge in [-0.2, -0.15) is 5.10 Å². The Morgan fingerprint density at radius 3 is 2.59 bits per heavy atom. The topological polar surface area (TPSA) is 56.3 Å². The molecule has 0 unspecified atom stereocenters. The summed E-state index contributed by atoms with van der Waals surface area (Å²) in [5.41, 5.74) is 7.75. The van der Waals surface area contributed by atoms with E-state index in [1.54, 1.807) is 4.68 Å². The van der Waals surface area contributed by atoms with Gasteiger partial charge in [-0.25, -0.2) is 4.68 Å². The van der Waals surface area contributed by atoms with Crippen molar-refractivity contribution in [3.8, 4) is 5.88 Å². The zero-order valence-electron chi connectivity index (χ0n) is 10.9. The van der Waals surface area contributed by atoms with E-state index in [1.807, 2.05) is 14.0 Å².